The lowest BCUT2D eigenvalue weighted by Gasteiger charge is -2.24. The van der Waals surface area contributed by atoms with Crippen molar-refractivity contribution >= 4 is 11.8 Å². The molecule has 3 heteroatoms. The van der Waals surface area contributed by atoms with Gasteiger partial charge in [-0.1, -0.05) is 30.3 Å². The van der Waals surface area contributed by atoms with Crippen molar-refractivity contribution in [3.8, 4) is 12.3 Å². The summed E-state index contributed by atoms with van der Waals surface area (Å²) in [5.41, 5.74) is -0.526. The summed E-state index contributed by atoms with van der Waals surface area (Å²) in [6.07, 6.45) is 5.27. The number of carboxylic acids is 1. The average Bonchev–Trinajstić information content (AvgIpc) is 2.29. The predicted molar refractivity (Wildman–Crippen MR) is 59.9 cm³/mol. The fraction of sp³-hybridized carbons (Fsp3) is 0.231. The first-order valence-corrected chi connectivity index (χ1v) is 4.79. The third kappa shape index (κ3) is 2.12. The molecule has 3 nitrogen and oxygen atoms in total. The predicted octanol–water partition coefficient (Wildman–Crippen LogP) is 1.62. The number of carbonyl (C=O) groups is 2. The number of benzene rings is 1. The van der Waals surface area contributed by atoms with Gasteiger partial charge in [-0.25, -0.2) is 4.79 Å². The second-order valence-corrected chi connectivity index (χ2v) is 3.71. The van der Waals surface area contributed by atoms with Gasteiger partial charge in [-0.3, -0.25) is 4.79 Å². The molecule has 0 saturated carbocycles. The van der Waals surface area contributed by atoms with Crippen LogP contribution in [0.4, 0.5) is 0 Å². The van der Waals surface area contributed by atoms with E-state index in [1.165, 1.54) is 0 Å². The number of hydrogen-bond acceptors (Lipinski definition) is 2. The first-order valence-electron chi connectivity index (χ1n) is 4.79. The number of ketones is 1. The molecule has 0 fully saturated rings. The molecule has 0 spiro atoms. The molecule has 0 amide bonds. The first kappa shape index (κ1) is 12.0. The standard InChI is InChI=1S/C13H12O3/c1-3-9-13(2,11(14)12(15)16)10-7-5-4-6-8-10/h1,4-8H,9H2,2H3,(H,15,16). The van der Waals surface area contributed by atoms with Crippen molar-refractivity contribution in [3.63, 3.8) is 0 Å². The molecule has 1 aromatic rings. The fourth-order valence-corrected chi connectivity index (χ4v) is 1.56. The molecule has 1 rings (SSSR count). The van der Waals surface area contributed by atoms with E-state index in [4.69, 9.17) is 11.5 Å². The van der Waals surface area contributed by atoms with Crippen LogP contribution in [-0.4, -0.2) is 16.9 Å². The van der Waals surface area contributed by atoms with Gasteiger partial charge >= 0.3 is 5.97 Å². The third-order valence-corrected chi connectivity index (χ3v) is 2.56. The maximum absolute atomic E-state index is 11.7. The molecule has 0 aromatic heterocycles. The number of aliphatic carboxylic acids is 1. The Morgan fingerprint density at radius 3 is 2.38 bits per heavy atom. The molecule has 0 radical (unpaired) electrons. The highest BCUT2D eigenvalue weighted by atomic mass is 16.4. The molecule has 0 bridgehead atoms. The zero-order valence-corrected chi connectivity index (χ0v) is 8.93. The number of terminal acetylenes is 1. The molecule has 1 unspecified atom stereocenters. The minimum absolute atomic E-state index is 0.0716. The van der Waals surface area contributed by atoms with Crippen LogP contribution >= 0.6 is 0 Å². The number of carbonyl (C=O) groups excluding carboxylic acids is 1. The van der Waals surface area contributed by atoms with Crippen LogP contribution in [-0.2, 0) is 15.0 Å². The van der Waals surface area contributed by atoms with Crippen molar-refractivity contribution in [2.75, 3.05) is 0 Å². The zero-order chi connectivity index (χ0) is 12.2. The monoisotopic (exact) mass is 216 g/mol. The van der Waals surface area contributed by atoms with E-state index < -0.39 is 17.2 Å². The summed E-state index contributed by atoms with van der Waals surface area (Å²) in [6, 6.07) is 8.71. The minimum Gasteiger partial charge on any atom is -0.475 e. The van der Waals surface area contributed by atoms with Crippen LogP contribution in [0.2, 0.25) is 0 Å². The van der Waals surface area contributed by atoms with Crippen LogP contribution in [0.25, 0.3) is 0 Å². The van der Waals surface area contributed by atoms with E-state index in [2.05, 4.69) is 5.92 Å². The van der Waals surface area contributed by atoms with Gasteiger partial charge in [0.25, 0.3) is 5.78 Å². The second kappa shape index (κ2) is 4.63. The van der Waals surface area contributed by atoms with E-state index >= 15 is 0 Å². The molecule has 1 N–H and O–H groups in total. The van der Waals surface area contributed by atoms with Gasteiger partial charge < -0.3 is 5.11 Å². The smallest absolute Gasteiger partial charge is 0.373 e. The topological polar surface area (TPSA) is 54.4 Å². The van der Waals surface area contributed by atoms with Gasteiger partial charge in [0.1, 0.15) is 0 Å². The Hall–Kier alpha value is -2.08. The molecule has 0 aliphatic heterocycles. The van der Waals surface area contributed by atoms with E-state index in [1.54, 1.807) is 37.3 Å². The number of Topliss-reactive ketones (excluding diaryl/α,β-unsaturated/α-hetero) is 1. The summed E-state index contributed by atoms with van der Waals surface area (Å²) in [4.78, 5) is 22.4. The highest BCUT2D eigenvalue weighted by Gasteiger charge is 2.38. The maximum atomic E-state index is 11.7. The SMILES string of the molecule is C#CCC(C)(C(=O)C(=O)O)c1ccccc1. The number of carboxylic acid groups (broad SMARTS) is 1. The van der Waals surface area contributed by atoms with Gasteiger partial charge in [0.15, 0.2) is 0 Å². The summed E-state index contributed by atoms with van der Waals surface area (Å²) in [7, 11) is 0. The van der Waals surface area contributed by atoms with E-state index in [1.807, 2.05) is 0 Å². The Morgan fingerprint density at radius 2 is 1.94 bits per heavy atom. The van der Waals surface area contributed by atoms with Gasteiger partial charge in [-0.05, 0) is 12.5 Å². The summed E-state index contributed by atoms with van der Waals surface area (Å²) >= 11 is 0. The van der Waals surface area contributed by atoms with Crippen LogP contribution in [0.15, 0.2) is 30.3 Å². The van der Waals surface area contributed by atoms with Crippen molar-refractivity contribution in [1.82, 2.24) is 0 Å². The Labute approximate surface area is 94.1 Å². The summed E-state index contributed by atoms with van der Waals surface area (Å²) < 4.78 is 0. The van der Waals surface area contributed by atoms with Crippen LogP contribution in [0.5, 0.6) is 0 Å². The van der Waals surface area contributed by atoms with Gasteiger partial charge in [0.2, 0.25) is 0 Å². The van der Waals surface area contributed by atoms with E-state index in [-0.39, 0.29) is 6.42 Å². The molecule has 0 aliphatic rings. The Kier molecular flexibility index (Phi) is 3.47. The van der Waals surface area contributed by atoms with Crippen LogP contribution in [0, 0.1) is 12.3 Å². The lowest BCUT2D eigenvalue weighted by molar-refractivity contribution is -0.151. The molecule has 0 heterocycles. The molecule has 1 atom stereocenters. The molecular weight excluding hydrogens is 204 g/mol. The number of hydrogen-bond donors (Lipinski definition) is 1. The van der Waals surface area contributed by atoms with Gasteiger partial charge in [-0.15, -0.1) is 12.3 Å². The molecule has 1 aromatic carbocycles. The van der Waals surface area contributed by atoms with E-state index in [9.17, 15) is 9.59 Å². The van der Waals surface area contributed by atoms with Crippen molar-refractivity contribution in [2.24, 2.45) is 0 Å². The van der Waals surface area contributed by atoms with Crippen molar-refractivity contribution in [2.45, 2.75) is 18.8 Å². The normalized spacial score (nSPS) is 13.5. The van der Waals surface area contributed by atoms with Gasteiger partial charge in [0, 0.05) is 6.42 Å². The molecule has 82 valence electrons. The summed E-state index contributed by atoms with van der Waals surface area (Å²) in [5, 5.41) is 8.79. The van der Waals surface area contributed by atoms with E-state index in [0.717, 1.165) is 0 Å². The quantitative estimate of drug-likeness (QED) is 0.614. The summed E-state index contributed by atoms with van der Waals surface area (Å²) in [6.45, 7) is 1.55. The van der Waals surface area contributed by atoms with Crippen LogP contribution < -0.4 is 0 Å². The molecular formula is C13H12O3. The minimum atomic E-state index is -1.46. The van der Waals surface area contributed by atoms with Crippen LogP contribution in [0.1, 0.15) is 18.9 Å². The number of rotatable bonds is 4. The zero-order valence-electron chi connectivity index (χ0n) is 8.93. The van der Waals surface area contributed by atoms with Crippen molar-refractivity contribution in [3.05, 3.63) is 35.9 Å². The third-order valence-electron chi connectivity index (χ3n) is 2.56. The van der Waals surface area contributed by atoms with Gasteiger partial charge in [0.05, 0.1) is 5.41 Å². The fourth-order valence-electron chi connectivity index (χ4n) is 1.56. The largest absolute Gasteiger partial charge is 0.475 e. The second-order valence-electron chi connectivity index (χ2n) is 3.71. The van der Waals surface area contributed by atoms with Crippen molar-refractivity contribution < 1.29 is 14.7 Å². The maximum Gasteiger partial charge on any atom is 0.373 e. The molecule has 0 aliphatic carbocycles. The highest BCUT2D eigenvalue weighted by molar-refractivity contribution is 6.36. The van der Waals surface area contributed by atoms with E-state index in [0.29, 0.717) is 5.56 Å². The Balaban J connectivity index is 3.23. The molecule has 0 saturated heterocycles. The highest BCUT2D eigenvalue weighted by Crippen LogP contribution is 2.28. The van der Waals surface area contributed by atoms with Crippen molar-refractivity contribution in [1.29, 1.82) is 0 Å². The van der Waals surface area contributed by atoms with Crippen LogP contribution in [0.3, 0.4) is 0 Å². The summed E-state index contributed by atoms with van der Waals surface area (Å²) in [5.74, 6) is 0.0234. The Morgan fingerprint density at radius 1 is 1.38 bits per heavy atom. The average molecular weight is 216 g/mol. The molecule has 16 heavy (non-hydrogen) atoms. The first-order chi connectivity index (χ1) is 7.52. The Bertz CT molecular complexity index is 442. The lowest BCUT2D eigenvalue weighted by Crippen LogP contribution is -2.37. The lowest BCUT2D eigenvalue weighted by atomic mass is 9.76. The van der Waals surface area contributed by atoms with Gasteiger partial charge in [-0.2, -0.15) is 0 Å².